The first-order valence-corrected chi connectivity index (χ1v) is 7.47. The van der Waals surface area contributed by atoms with Gasteiger partial charge in [-0.3, -0.25) is 4.79 Å². The van der Waals surface area contributed by atoms with E-state index in [1.165, 1.54) is 16.7 Å². The molecule has 2 atom stereocenters. The molecule has 104 valence electrons. The molecule has 0 aromatic heterocycles. The lowest BCUT2D eigenvalue weighted by Crippen LogP contribution is -2.40. The number of amides is 1. The van der Waals surface area contributed by atoms with E-state index in [1.807, 2.05) is 4.90 Å². The second-order valence-electron chi connectivity index (χ2n) is 6.03. The molecule has 20 heavy (non-hydrogen) atoms. The van der Waals surface area contributed by atoms with E-state index in [0.29, 0.717) is 0 Å². The highest BCUT2D eigenvalue weighted by Gasteiger charge is 2.34. The Morgan fingerprint density at radius 2 is 2.20 bits per heavy atom. The number of rotatable bonds is 1. The summed E-state index contributed by atoms with van der Waals surface area (Å²) in [5, 5.41) is 9.13. The lowest BCUT2D eigenvalue weighted by Gasteiger charge is -2.29. The summed E-state index contributed by atoms with van der Waals surface area (Å²) < 4.78 is 0. The Kier molecular flexibility index (Phi) is 3.48. The summed E-state index contributed by atoms with van der Waals surface area (Å²) in [7, 11) is 0. The van der Waals surface area contributed by atoms with Crippen LogP contribution in [-0.2, 0) is 17.6 Å². The maximum Gasteiger partial charge on any atom is 0.227 e. The van der Waals surface area contributed by atoms with Crippen molar-refractivity contribution in [2.75, 3.05) is 6.54 Å². The molecule has 2 aliphatic rings. The zero-order chi connectivity index (χ0) is 14.1. The third kappa shape index (κ3) is 2.31. The van der Waals surface area contributed by atoms with Crippen LogP contribution in [-0.4, -0.2) is 23.4 Å². The average Bonchev–Trinajstić information content (AvgIpc) is 2.94. The molecule has 1 aliphatic carbocycles. The molecular weight excluding hydrogens is 248 g/mol. The van der Waals surface area contributed by atoms with E-state index >= 15 is 0 Å². The molecule has 0 saturated carbocycles. The lowest BCUT2D eigenvalue weighted by molar-refractivity contribution is -0.135. The third-order valence-corrected chi connectivity index (χ3v) is 4.62. The van der Waals surface area contributed by atoms with Crippen molar-refractivity contribution in [1.82, 2.24) is 4.90 Å². The van der Waals surface area contributed by atoms with E-state index in [-0.39, 0.29) is 17.9 Å². The second-order valence-corrected chi connectivity index (χ2v) is 6.03. The number of likely N-dealkylation sites (tertiary alicyclic amines) is 1. The fourth-order valence-electron chi connectivity index (χ4n) is 3.49. The van der Waals surface area contributed by atoms with E-state index in [9.17, 15) is 4.79 Å². The van der Waals surface area contributed by atoms with Gasteiger partial charge in [0.15, 0.2) is 0 Å². The number of nitrogens with zero attached hydrogens (tertiary/aromatic N) is 2. The molecule has 1 aromatic rings. The first kappa shape index (κ1) is 13.2. The highest BCUT2D eigenvalue weighted by molar-refractivity contribution is 5.80. The fraction of sp³-hybridized carbons (Fsp3) is 0.529. The predicted molar refractivity (Wildman–Crippen MR) is 77.0 cm³/mol. The van der Waals surface area contributed by atoms with Crippen molar-refractivity contribution >= 4 is 5.91 Å². The van der Waals surface area contributed by atoms with Gasteiger partial charge in [-0.2, -0.15) is 5.26 Å². The Morgan fingerprint density at radius 1 is 1.35 bits per heavy atom. The number of hydrogen-bond acceptors (Lipinski definition) is 2. The summed E-state index contributed by atoms with van der Waals surface area (Å²) in [4.78, 5) is 14.4. The Labute approximate surface area is 120 Å². The summed E-state index contributed by atoms with van der Waals surface area (Å²) in [6.45, 7) is 2.87. The van der Waals surface area contributed by atoms with Crippen molar-refractivity contribution in [3.8, 4) is 6.07 Å². The molecule has 0 bridgehead atoms. The molecule has 0 spiro atoms. The van der Waals surface area contributed by atoms with Gasteiger partial charge < -0.3 is 4.90 Å². The smallest absolute Gasteiger partial charge is 0.227 e. The second kappa shape index (κ2) is 5.28. The molecule has 1 saturated heterocycles. The summed E-state index contributed by atoms with van der Waals surface area (Å²) >= 11 is 0. The van der Waals surface area contributed by atoms with Gasteiger partial charge in [0, 0.05) is 12.5 Å². The van der Waals surface area contributed by atoms with Crippen LogP contribution in [0.15, 0.2) is 18.2 Å². The molecule has 1 aromatic carbocycles. The molecule has 0 N–H and O–H groups in total. The van der Waals surface area contributed by atoms with Crippen LogP contribution in [0.4, 0.5) is 0 Å². The molecule has 3 heteroatoms. The third-order valence-electron chi connectivity index (χ3n) is 4.62. The van der Waals surface area contributed by atoms with Gasteiger partial charge in [0.2, 0.25) is 5.91 Å². The minimum atomic E-state index is -0.193. The largest absolute Gasteiger partial charge is 0.326 e. The van der Waals surface area contributed by atoms with E-state index in [1.54, 1.807) is 0 Å². The van der Waals surface area contributed by atoms with Crippen molar-refractivity contribution in [3.05, 3.63) is 34.9 Å². The number of benzene rings is 1. The van der Waals surface area contributed by atoms with Gasteiger partial charge >= 0.3 is 0 Å². The minimum absolute atomic E-state index is 0.0687. The quantitative estimate of drug-likeness (QED) is 0.786. The van der Waals surface area contributed by atoms with Gasteiger partial charge in [0.1, 0.15) is 6.04 Å². The maximum atomic E-state index is 12.6. The van der Waals surface area contributed by atoms with Gasteiger partial charge in [-0.1, -0.05) is 23.8 Å². The Balaban J connectivity index is 1.75. The Bertz CT molecular complexity index is 573. The Morgan fingerprint density at radius 3 is 3.00 bits per heavy atom. The number of fused-ring (bicyclic) bond motifs is 1. The zero-order valence-corrected chi connectivity index (χ0v) is 11.9. The predicted octanol–water partition coefficient (Wildman–Crippen LogP) is 2.61. The highest BCUT2D eigenvalue weighted by atomic mass is 16.2. The molecule has 1 amide bonds. The van der Waals surface area contributed by atoms with Crippen LogP contribution in [0.2, 0.25) is 0 Å². The summed E-state index contributed by atoms with van der Waals surface area (Å²) in [6, 6.07) is 8.60. The van der Waals surface area contributed by atoms with E-state index in [4.69, 9.17) is 5.26 Å². The molecule has 1 heterocycles. The van der Waals surface area contributed by atoms with Crippen molar-refractivity contribution in [2.24, 2.45) is 5.92 Å². The number of nitriles is 1. The van der Waals surface area contributed by atoms with E-state index in [2.05, 4.69) is 31.2 Å². The van der Waals surface area contributed by atoms with Crippen molar-refractivity contribution in [2.45, 2.75) is 45.1 Å². The first-order chi connectivity index (χ1) is 9.69. The highest BCUT2D eigenvalue weighted by Crippen LogP contribution is 2.29. The van der Waals surface area contributed by atoms with Crippen LogP contribution in [0.25, 0.3) is 0 Å². The van der Waals surface area contributed by atoms with Crippen LogP contribution < -0.4 is 0 Å². The minimum Gasteiger partial charge on any atom is -0.326 e. The number of carbonyl (C=O) groups excluding carboxylic acids is 1. The molecule has 3 nitrogen and oxygen atoms in total. The molecule has 1 unspecified atom stereocenters. The lowest BCUT2D eigenvalue weighted by atomic mass is 9.82. The summed E-state index contributed by atoms with van der Waals surface area (Å²) in [5.41, 5.74) is 4.00. The van der Waals surface area contributed by atoms with Crippen molar-refractivity contribution < 1.29 is 4.79 Å². The monoisotopic (exact) mass is 268 g/mol. The van der Waals surface area contributed by atoms with E-state index in [0.717, 1.165) is 38.6 Å². The number of aryl methyl sites for hydroxylation is 2. The van der Waals surface area contributed by atoms with Crippen LogP contribution in [0.1, 0.15) is 36.0 Å². The van der Waals surface area contributed by atoms with Gasteiger partial charge in [-0.25, -0.2) is 0 Å². The number of hydrogen-bond donors (Lipinski definition) is 0. The van der Waals surface area contributed by atoms with Gasteiger partial charge in [0.25, 0.3) is 0 Å². The van der Waals surface area contributed by atoms with E-state index < -0.39 is 0 Å². The summed E-state index contributed by atoms with van der Waals surface area (Å²) in [5.74, 6) is 0.263. The molecule has 3 rings (SSSR count). The van der Waals surface area contributed by atoms with Crippen LogP contribution in [0.5, 0.6) is 0 Å². The molecule has 0 radical (unpaired) electrons. The topological polar surface area (TPSA) is 44.1 Å². The maximum absolute atomic E-state index is 12.6. The van der Waals surface area contributed by atoms with Gasteiger partial charge in [-0.15, -0.1) is 0 Å². The zero-order valence-electron chi connectivity index (χ0n) is 11.9. The van der Waals surface area contributed by atoms with Crippen LogP contribution in [0.3, 0.4) is 0 Å². The van der Waals surface area contributed by atoms with Crippen molar-refractivity contribution in [1.29, 1.82) is 5.26 Å². The Hall–Kier alpha value is -1.82. The average molecular weight is 268 g/mol. The van der Waals surface area contributed by atoms with Crippen LogP contribution in [0, 0.1) is 24.2 Å². The van der Waals surface area contributed by atoms with Gasteiger partial charge in [-0.05, 0) is 50.2 Å². The first-order valence-electron chi connectivity index (χ1n) is 7.47. The summed E-state index contributed by atoms with van der Waals surface area (Å²) in [6.07, 6.45) is 4.54. The SMILES string of the molecule is Cc1ccc2c(c1)CC[C@H](C(=O)N1CCCC1C#N)C2. The van der Waals surface area contributed by atoms with Gasteiger partial charge in [0.05, 0.1) is 6.07 Å². The normalized spacial score (nSPS) is 25.1. The molecular formula is C17H20N2O. The van der Waals surface area contributed by atoms with Crippen LogP contribution >= 0.6 is 0 Å². The fourth-order valence-corrected chi connectivity index (χ4v) is 3.49. The molecule has 1 aliphatic heterocycles. The molecule has 1 fully saturated rings. The van der Waals surface area contributed by atoms with Crippen molar-refractivity contribution in [3.63, 3.8) is 0 Å². The number of carbonyl (C=O) groups is 1. The standard InChI is InChI=1S/C17H20N2O/c1-12-4-5-14-10-15(7-6-13(14)9-12)17(20)19-8-2-3-16(19)11-18/h4-5,9,15-16H,2-3,6-8,10H2,1H3/t15-,16?/m0/s1.